The third kappa shape index (κ3) is 3.98. The van der Waals surface area contributed by atoms with E-state index in [1.54, 1.807) is 0 Å². The van der Waals surface area contributed by atoms with Gasteiger partial charge in [0.2, 0.25) is 11.8 Å². The number of carbonyl (C=O) groups is 2. The molecule has 21 heavy (non-hydrogen) atoms. The highest BCUT2D eigenvalue weighted by molar-refractivity contribution is 5.84. The SMILES string of the molecule is CC1CCCN(C(=O)C2CCCN(C(=O)C(C)(C)C)C2)C1. The van der Waals surface area contributed by atoms with Crippen molar-refractivity contribution in [3.8, 4) is 0 Å². The van der Waals surface area contributed by atoms with Crippen LogP contribution < -0.4 is 0 Å². The van der Waals surface area contributed by atoms with Gasteiger partial charge in [-0.05, 0) is 31.6 Å². The Morgan fingerprint density at radius 3 is 2.19 bits per heavy atom. The Kier molecular flexibility index (Phi) is 4.95. The van der Waals surface area contributed by atoms with E-state index in [2.05, 4.69) is 6.92 Å². The van der Waals surface area contributed by atoms with Crippen molar-refractivity contribution in [1.82, 2.24) is 9.80 Å². The van der Waals surface area contributed by atoms with Gasteiger partial charge >= 0.3 is 0 Å². The summed E-state index contributed by atoms with van der Waals surface area (Å²) in [7, 11) is 0. The van der Waals surface area contributed by atoms with Crippen LogP contribution in [0.4, 0.5) is 0 Å². The van der Waals surface area contributed by atoms with Crippen molar-refractivity contribution >= 4 is 11.8 Å². The second-order valence-electron chi connectivity index (χ2n) is 7.87. The number of amides is 2. The molecule has 4 heteroatoms. The normalized spacial score (nSPS) is 27.6. The second-order valence-corrected chi connectivity index (χ2v) is 7.87. The molecule has 0 aromatic carbocycles. The molecule has 120 valence electrons. The lowest BCUT2D eigenvalue weighted by molar-refractivity contribution is -0.146. The molecule has 0 aromatic rings. The number of rotatable bonds is 1. The number of nitrogens with zero attached hydrogens (tertiary/aromatic N) is 2. The topological polar surface area (TPSA) is 40.6 Å². The van der Waals surface area contributed by atoms with Crippen LogP contribution in [0.2, 0.25) is 0 Å². The molecule has 2 aliphatic rings. The van der Waals surface area contributed by atoms with Gasteiger partial charge in [0, 0.05) is 31.6 Å². The van der Waals surface area contributed by atoms with Crippen molar-refractivity contribution in [2.24, 2.45) is 17.3 Å². The molecule has 0 spiro atoms. The Labute approximate surface area is 128 Å². The fourth-order valence-electron chi connectivity index (χ4n) is 3.49. The van der Waals surface area contributed by atoms with E-state index in [0.717, 1.165) is 38.9 Å². The summed E-state index contributed by atoms with van der Waals surface area (Å²) in [6, 6.07) is 0. The molecule has 0 N–H and O–H groups in total. The molecular weight excluding hydrogens is 264 g/mol. The summed E-state index contributed by atoms with van der Waals surface area (Å²) in [5.74, 6) is 1.06. The summed E-state index contributed by atoms with van der Waals surface area (Å²) in [6.07, 6.45) is 4.21. The fourth-order valence-corrected chi connectivity index (χ4v) is 3.49. The van der Waals surface area contributed by atoms with Gasteiger partial charge in [0.25, 0.3) is 0 Å². The molecule has 2 heterocycles. The minimum Gasteiger partial charge on any atom is -0.342 e. The van der Waals surface area contributed by atoms with E-state index in [0.29, 0.717) is 12.5 Å². The maximum absolute atomic E-state index is 12.7. The molecule has 2 rings (SSSR count). The zero-order valence-corrected chi connectivity index (χ0v) is 14.0. The van der Waals surface area contributed by atoms with Crippen molar-refractivity contribution in [3.05, 3.63) is 0 Å². The van der Waals surface area contributed by atoms with E-state index in [4.69, 9.17) is 0 Å². The van der Waals surface area contributed by atoms with Crippen molar-refractivity contribution in [2.45, 2.75) is 53.4 Å². The van der Waals surface area contributed by atoms with E-state index in [1.807, 2.05) is 30.6 Å². The van der Waals surface area contributed by atoms with Crippen LogP contribution in [-0.2, 0) is 9.59 Å². The van der Waals surface area contributed by atoms with Gasteiger partial charge in [-0.15, -0.1) is 0 Å². The fraction of sp³-hybridized carbons (Fsp3) is 0.882. The standard InChI is InChI=1S/C17H30N2O2/c1-13-7-5-9-18(11-13)15(20)14-8-6-10-19(12-14)16(21)17(2,3)4/h13-14H,5-12H2,1-4H3. The molecule has 2 saturated heterocycles. The van der Waals surface area contributed by atoms with Crippen molar-refractivity contribution in [2.75, 3.05) is 26.2 Å². The monoisotopic (exact) mass is 294 g/mol. The molecule has 2 unspecified atom stereocenters. The Morgan fingerprint density at radius 2 is 1.57 bits per heavy atom. The largest absolute Gasteiger partial charge is 0.342 e. The molecule has 2 fully saturated rings. The maximum Gasteiger partial charge on any atom is 0.227 e. The van der Waals surface area contributed by atoms with Crippen molar-refractivity contribution in [1.29, 1.82) is 0 Å². The summed E-state index contributed by atoms with van der Waals surface area (Å²) >= 11 is 0. The van der Waals surface area contributed by atoms with Crippen molar-refractivity contribution < 1.29 is 9.59 Å². The third-order valence-electron chi connectivity index (χ3n) is 4.67. The zero-order chi connectivity index (χ0) is 15.6. The maximum atomic E-state index is 12.7. The highest BCUT2D eigenvalue weighted by Gasteiger charge is 2.35. The van der Waals surface area contributed by atoms with Crippen LogP contribution in [0.1, 0.15) is 53.4 Å². The Hall–Kier alpha value is -1.06. The molecule has 2 atom stereocenters. The average Bonchev–Trinajstić information content (AvgIpc) is 2.45. The van der Waals surface area contributed by atoms with Crippen LogP contribution >= 0.6 is 0 Å². The van der Waals surface area contributed by atoms with Crippen LogP contribution in [0.15, 0.2) is 0 Å². The molecule has 0 radical (unpaired) electrons. The lowest BCUT2D eigenvalue weighted by Gasteiger charge is -2.39. The number of carbonyl (C=O) groups excluding carboxylic acids is 2. The summed E-state index contributed by atoms with van der Waals surface area (Å²) < 4.78 is 0. The molecule has 0 aliphatic carbocycles. The predicted octanol–water partition coefficient (Wildman–Crippen LogP) is 2.53. The Morgan fingerprint density at radius 1 is 0.952 bits per heavy atom. The number of hydrogen-bond acceptors (Lipinski definition) is 2. The highest BCUT2D eigenvalue weighted by Crippen LogP contribution is 2.26. The van der Waals surface area contributed by atoms with Gasteiger partial charge in [0.1, 0.15) is 0 Å². The Balaban J connectivity index is 1.97. The summed E-state index contributed by atoms with van der Waals surface area (Å²) in [4.78, 5) is 29.1. The zero-order valence-electron chi connectivity index (χ0n) is 14.0. The number of piperidine rings is 2. The molecule has 2 aliphatic heterocycles. The molecule has 0 bridgehead atoms. The van der Waals surface area contributed by atoms with Gasteiger partial charge in [-0.3, -0.25) is 9.59 Å². The van der Waals surface area contributed by atoms with E-state index in [-0.39, 0.29) is 23.1 Å². The number of likely N-dealkylation sites (tertiary alicyclic amines) is 2. The second kappa shape index (κ2) is 6.37. The summed E-state index contributed by atoms with van der Waals surface area (Å²) in [5.41, 5.74) is -0.357. The van der Waals surface area contributed by atoms with Crippen LogP contribution in [0.25, 0.3) is 0 Å². The smallest absolute Gasteiger partial charge is 0.227 e. The van der Waals surface area contributed by atoms with Gasteiger partial charge < -0.3 is 9.80 Å². The first-order valence-electron chi connectivity index (χ1n) is 8.37. The molecule has 0 saturated carbocycles. The average molecular weight is 294 g/mol. The number of hydrogen-bond donors (Lipinski definition) is 0. The first kappa shape index (κ1) is 16.3. The minimum absolute atomic E-state index is 0.00958. The first-order valence-corrected chi connectivity index (χ1v) is 8.37. The molecule has 2 amide bonds. The van der Waals surface area contributed by atoms with Gasteiger partial charge in [0.05, 0.1) is 5.92 Å². The third-order valence-corrected chi connectivity index (χ3v) is 4.67. The van der Waals surface area contributed by atoms with Crippen LogP contribution in [0, 0.1) is 17.3 Å². The van der Waals surface area contributed by atoms with E-state index in [9.17, 15) is 9.59 Å². The lowest BCUT2D eigenvalue weighted by atomic mass is 9.90. The first-order chi connectivity index (χ1) is 9.79. The molecule has 4 nitrogen and oxygen atoms in total. The minimum atomic E-state index is -0.357. The van der Waals surface area contributed by atoms with Crippen LogP contribution in [0.3, 0.4) is 0 Å². The highest BCUT2D eigenvalue weighted by atomic mass is 16.2. The quantitative estimate of drug-likeness (QED) is 0.745. The van der Waals surface area contributed by atoms with E-state index < -0.39 is 0 Å². The van der Waals surface area contributed by atoms with Crippen LogP contribution in [-0.4, -0.2) is 47.8 Å². The Bertz CT molecular complexity index is 400. The van der Waals surface area contributed by atoms with Gasteiger partial charge in [-0.1, -0.05) is 27.7 Å². The summed E-state index contributed by atoms with van der Waals surface area (Å²) in [6.45, 7) is 11.3. The van der Waals surface area contributed by atoms with E-state index >= 15 is 0 Å². The molecule has 0 aromatic heterocycles. The van der Waals surface area contributed by atoms with Crippen LogP contribution in [0.5, 0.6) is 0 Å². The van der Waals surface area contributed by atoms with Crippen molar-refractivity contribution in [3.63, 3.8) is 0 Å². The summed E-state index contributed by atoms with van der Waals surface area (Å²) in [5, 5.41) is 0. The van der Waals surface area contributed by atoms with Gasteiger partial charge in [-0.25, -0.2) is 0 Å². The molecular formula is C17H30N2O2. The predicted molar refractivity (Wildman–Crippen MR) is 83.7 cm³/mol. The van der Waals surface area contributed by atoms with E-state index in [1.165, 1.54) is 6.42 Å². The van der Waals surface area contributed by atoms with Gasteiger partial charge in [-0.2, -0.15) is 0 Å². The lowest BCUT2D eigenvalue weighted by Crippen LogP contribution is -2.50. The van der Waals surface area contributed by atoms with Gasteiger partial charge in [0.15, 0.2) is 0 Å².